The van der Waals surface area contributed by atoms with Gasteiger partial charge in [0.2, 0.25) is 0 Å². The van der Waals surface area contributed by atoms with Gasteiger partial charge in [0.1, 0.15) is 11.5 Å². The lowest BCUT2D eigenvalue weighted by Gasteiger charge is -2.25. The first-order valence-electron chi connectivity index (χ1n) is 12.6. The highest BCUT2D eigenvalue weighted by atomic mass is 32.1. The second-order valence-electron chi connectivity index (χ2n) is 9.53. The van der Waals surface area contributed by atoms with Crippen LogP contribution in [0.2, 0.25) is 0 Å². The van der Waals surface area contributed by atoms with Crippen molar-refractivity contribution in [3.63, 3.8) is 0 Å². The molecule has 5 rings (SSSR count). The molecule has 1 fully saturated rings. The van der Waals surface area contributed by atoms with E-state index in [-0.39, 0.29) is 11.7 Å². The van der Waals surface area contributed by atoms with Crippen molar-refractivity contribution in [1.29, 1.82) is 0 Å². The Kier molecular flexibility index (Phi) is 7.06. The molecule has 9 heteroatoms. The number of hydrogen-bond donors (Lipinski definition) is 0. The van der Waals surface area contributed by atoms with Crippen LogP contribution in [0.25, 0.3) is 6.08 Å². The van der Waals surface area contributed by atoms with E-state index in [1.54, 1.807) is 38.5 Å². The number of nitrogens with zero attached hydrogens (tertiary/aromatic N) is 3. The molecule has 8 nitrogen and oxygen atoms in total. The second kappa shape index (κ2) is 10.4. The first kappa shape index (κ1) is 25.1. The van der Waals surface area contributed by atoms with Crippen molar-refractivity contribution in [3.8, 4) is 5.75 Å². The van der Waals surface area contributed by atoms with E-state index in [2.05, 4.69) is 9.89 Å². The predicted octanol–water partition coefficient (Wildman–Crippen LogP) is 3.78. The summed E-state index contributed by atoms with van der Waals surface area (Å²) >= 11 is 1.28. The van der Waals surface area contributed by atoms with E-state index >= 15 is 0 Å². The summed E-state index contributed by atoms with van der Waals surface area (Å²) in [6.45, 7) is 7.33. The minimum atomic E-state index is -0.670. The monoisotopic (exact) mass is 521 g/mol. The Hall–Kier alpha value is -3.59. The predicted molar refractivity (Wildman–Crippen MR) is 143 cm³/mol. The van der Waals surface area contributed by atoms with Gasteiger partial charge in [0, 0.05) is 25.2 Å². The number of hydrogen-bond acceptors (Lipinski definition) is 8. The van der Waals surface area contributed by atoms with Gasteiger partial charge < -0.3 is 18.8 Å². The molecule has 0 bridgehead atoms. The third-order valence-electron chi connectivity index (χ3n) is 6.57. The van der Waals surface area contributed by atoms with Gasteiger partial charge in [-0.05, 0) is 63.8 Å². The Morgan fingerprint density at radius 3 is 2.54 bits per heavy atom. The molecule has 37 heavy (non-hydrogen) atoms. The highest BCUT2D eigenvalue weighted by Crippen LogP contribution is 2.32. The molecule has 4 heterocycles. The van der Waals surface area contributed by atoms with Gasteiger partial charge in [-0.1, -0.05) is 23.5 Å². The third kappa shape index (κ3) is 5.00. The van der Waals surface area contributed by atoms with Gasteiger partial charge in [-0.15, -0.1) is 0 Å². The molecule has 194 valence electrons. The van der Waals surface area contributed by atoms with E-state index in [0.29, 0.717) is 32.1 Å². The molecule has 2 aliphatic rings. The molecule has 0 amide bonds. The van der Waals surface area contributed by atoms with Gasteiger partial charge in [-0.25, -0.2) is 9.79 Å². The van der Waals surface area contributed by atoms with E-state index in [1.807, 2.05) is 36.4 Å². The Bertz CT molecular complexity index is 1500. The standard InChI is InChI=1S/C28H31N3O5S/c1-17(2)35-27(33)24-18(3)29-28-31(25(24)19-8-10-20(34-4)11-9-19)26(32)22(37-28)16-21-12-13-23(36-21)30-14-6-5-7-15-30/h8-13,16-17,25H,5-7,14-15H2,1-4H3/b22-16-/t25-/m0/s1. The first-order chi connectivity index (χ1) is 17.9. The SMILES string of the molecule is COc1ccc([C@H]2C(C(=O)OC(C)C)=C(C)N=c3s/c(=C\c4ccc(N5CCCCC5)o4)c(=O)n32)cc1. The zero-order chi connectivity index (χ0) is 26.1. The number of piperidine rings is 1. The number of ether oxygens (including phenoxy) is 2. The van der Waals surface area contributed by atoms with Gasteiger partial charge in [-0.2, -0.15) is 0 Å². The first-order valence-corrected chi connectivity index (χ1v) is 13.4. The summed E-state index contributed by atoms with van der Waals surface area (Å²) in [5.74, 6) is 1.64. The van der Waals surface area contributed by atoms with E-state index in [1.165, 1.54) is 17.8 Å². The number of thiazole rings is 1. The summed E-state index contributed by atoms with van der Waals surface area (Å²) in [6.07, 6.45) is 5.00. The molecule has 0 N–H and O–H groups in total. The van der Waals surface area contributed by atoms with Crippen LogP contribution in [0.4, 0.5) is 5.88 Å². The van der Waals surface area contributed by atoms with Crippen LogP contribution in [0.15, 0.2) is 61.9 Å². The van der Waals surface area contributed by atoms with Gasteiger partial charge >= 0.3 is 5.97 Å². The molecule has 0 spiro atoms. The maximum Gasteiger partial charge on any atom is 0.338 e. The molecule has 0 unspecified atom stereocenters. The van der Waals surface area contributed by atoms with Crippen molar-refractivity contribution >= 4 is 29.3 Å². The minimum absolute atomic E-state index is 0.233. The van der Waals surface area contributed by atoms with Crippen LogP contribution in [-0.4, -0.2) is 36.8 Å². The number of aromatic nitrogens is 1. The van der Waals surface area contributed by atoms with Crippen molar-refractivity contribution in [2.45, 2.75) is 52.2 Å². The van der Waals surface area contributed by atoms with Crippen molar-refractivity contribution < 1.29 is 18.7 Å². The summed E-state index contributed by atoms with van der Waals surface area (Å²) in [4.78, 5) is 34.4. The largest absolute Gasteiger partial charge is 0.497 e. The summed E-state index contributed by atoms with van der Waals surface area (Å²) < 4.78 is 19.0. The highest BCUT2D eigenvalue weighted by Gasteiger charge is 2.33. The highest BCUT2D eigenvalue weighted by molar-refractivity contribution is 7.07. The third-order valence-corrected chi connectivity index (χ3v) is 7.55. The number of methoxy groups -OCH3 is 1. The Morgan fingerprint density at radius 1 is 1.14 bits per heavy atom. The lowest BCUT2D eigenvalue weighted by Crippen LogP contribution is -2.40. The van der Waals surface area contributed by atoms with Crippen molar-refractivity contribution in [2.24, 2.45) is 4.99 Å². The fourth-order valence-corrected chi connectivity index (χ4v) is 5.82. The summed E-state index contributed by atoms with van der Waals surface area (Å²) in [5.41, 5.74) is 1.42. The molecular weight excluding hydrogens is 490 g/mol. The van der Waals surface area contributed by atoms with Crippen LogP contribution in [0, 0.1) is 0 Å². The number of fused-ring (bicyclic) bond motifs is 1. The quantitative estimate of drug-likeness (QED) is 0.459. The topological polar surface area (TPSA) is 86.3 Å². The molecular formula is C28H31N3O5S. The zero-order valence-electron chi connectivity index (χ0n) is 21.5. The number of esters is 1. The lowest BCUT2D eigenvalue weighted by molar-refractivity contribution is -0.143. The lowest BCUT2D eigenvalue weighted by atomic mass is 9.96. The molecule has 0 saturated carbocycles. The maximum absolute atomic E-state index is 13.8. The number of anilines is 1. The van der Waals surface area contributed by atoms with Crippen LogP contribution in [0.5, 0.6) is 5.75 Å². The van der Waals surface area contributed by atoms with Crippen molar-refractivity contribution in [1.82, 2.24) is 4.57 Å². The molecule has 0 radical (unpaired) electrons. The molecule has 2 aromatic heterocycles. The van der Waals surface area contributed by atoms with Crippen molar-refractivity contribution in [3.05, 3.63) is 78.7 Å². The Labute approximate surface area is 219 Å². The van der Waals surface area contributed by atoms with E-state index < -0.39 is 12.0 Å². The van der Waals surface area contributed by atoms with E-state index in [0.717, 1.165) is 37.4 Å². The Morgan fingerprint density at radius 2 is 1.86 bits per heavy atom. The summed E-state index contributed by atoms with van der Waals surface area (Å²) in [7, 11) is 1.60. The number of allylic oxidation sites excluding steroid dienone is 1. The number of benzene rings is 1. The maximum atomic E-state index is 13.8. The average molecular weight is 522 g/mol. The van der Waals surface area contributed by atoms with Crippen LogP contribution >= 0.6 is 11.3 Å². The molecule has 2 aliphatic heterocycles. The fourth-order valence-electron chi connectivity index (χ4n) is 4.80. The van der Waals surface area contributed by atoms with Gasteiger partial charge in [0.15, 0.2) is 10.7 Å². The minimum Gasteiger partial charge on any atom is -0.497 e. The molecule has 3 aromatic rings. The molecule has 1 atom stereocenters. The molecule has 1 saturated heterocycles. The summed E-state index contributed by atoms with van der Waals surface area (Å²) in [6, 6.07) is 10.5. The molecule has 0 aliphatic carbocycles. The summed E-state index contributed by atoms with van der Waals surface area (Å²) in [5, 5.41) is 0. The van der Waals surface area contributed by atoms with Crippen LogP contribution < -0.4 is 24.5 Å². The number of carbonyl (C=O) groups excluding carboxylic acids is 1. The van der Waals surface area contributed by atoms with Crippen LogP contribution in [0.1, 0.15) is 57.4 Å². The van der Waals surface area contributed by atoms with Crippen LogP contribution in [-0.2, 0) is 9.53 Å². The number of furan rings is 1. The second-order valence-corrected chi connectivity index (χ2v) is 10.5. The van der Waals surface area contributed by atoms with Gasteiger partial charge in [0.25, 0.3) is 5.56 Å². The average Bonchev–Trinajstić information content (AvgIpc) is 3.48. The number of carbonyl (C=O) groups is 1. The van der Waals surface area contributed by atoms with E-state index in [4.69, 9.17) is 13.9 Å². The zero-order valence-corrected chi connectivity index (χ0v) is 22.3. The Balaban J connectivity index is 1.60. The van der Waals surface area contributed by atoms with Crippen LogP contribution in [0.3, 0.4) is 0 Å². The number of rotatable bonds is 6. The van der Waals surface area contributed by atoms with Crippen molar-refractivity contribution in [2.75, 3.05) is 25.1 Å². The molecule has 1 aromatic carbocycles. The van der Waals surface area contributed by atoms with Gasteiger partial charge in [0.05, 0.1) is 35.1 Å². The smallest absolute Gasteiger partial charge is 0.338 e. The normalized spacial score (nSPS) is 18.1. The fraction of sp³-hybridized carbons (Fsp3) is 0.393. The van der Waals surface area contributed by atoms with E-state index in [9.17, 15) is 9.59 Å². The van der Waals surface area contributed by atoms with Gasteiger partial charge in [-0.3, -0.25) is 9.36 Å².